The first kappa shape index (κ1) is 12.6. The maximum absolute atomic E-state index is 12.1. The molecule has 4 aromatic rings. The summed E-state index contributed by atoms with van der Waals surface area (Å²) < 4.78 is 1.66. The molecule has 0 fully saturated rings. The lowest BCUT2D eigenvalue weighted by atomic mass is 10.1. The first-order chi connectivity index (χ1) is 10.7. The lowest BCUT2D eigenvalue weighted by molar-refractivity contribution is 0.937. The molecule has 0 atom stereocenters. The fourth-order valence-electron chi connectivity index (χ4n) is 2.63. The molecule has 7 nitrogen and oxygen atoms in total. The topological polar surface area (TPSA) is 91.4 Å². The molecular formula is C15H14N6O. The molecule has 110 valence electrons. The average Bonchev–Trinajstić information content (AvgIpc) is 3.12. The Morgan fingerprint density at radius 2 is 2.23 bits per heavy atom. The molecule has 0 saturated carbocycles. The largest absolute Gasteiger partial charge is 0.361 e. The van der Waals surface area contributed by atoms with Crippen LogP contribution < -0.4 is 10.9 Å². The third kappa shape index (κ3) is 1.95. The van der Waals surface area contributed by atoms with Crippen LogP contribution in [0.3, 0.4) is 0 Å². The average molecular weight is 294 g/mol. The van der Waals surface area contributed by atoms with Gasteiger partial charge in [0.05, 0.1) is 6.33 Å². The predicted molar refractivity (Wildman–Crippen MR) is 84.8 cm³/mol. The lowest BCUT2D eigenvalue weighted by Gasteiger charge is -2.06. The minimum atomic E-state index is -0.202. The van der Waals surface area contributed by atoms with E-state index in [1.807, 2.05) is 30.5 Å². The van der Waals surface area contributed by atoms with Crippen LogP contribution in [0, 0.1) is 0 Å². The van der Waals surface area contributed by atoms with E-state index in [4.69, 9.17) is 0 Å². The fourth-order valence-corrected chi connectivity index (χ4v) is 2.63. The Balaban J connectivity index is 1.67. The number of fused-ring (bicyclic) bond motifs is 2. The van der Waals surface area contributed by atoms with Crippen molar-refractivity contribution >= 4 is 28.0 Å². The highest BCUT2D eigenvalue weighted by Gasteiger charge is 2.08. The molecule has 0 saturated heterocycles. The van der Waals surface area contributed by atoms with Gasteiger partial charge in [-0.3, -0.25) is 9.78 Å². The first-order valence-corrected chi connectivity index (χ1v) is 6.92. The number of hydrogen-bond donors (Lipinski definition) is 3. The van der Waals surface area contributed by atoms with E-state index in [-0.39, 0.29) is 5.56 Å². The molecular weight excluding hydrogens is 280 g/mol. The lowest BCUT2D eigenvalue weighted by Crippen LogP contribution is -2.14. The van der Waals surface area contributed by atoms with Gasteiger partial charge in [-0.2, -0.15) is 4.98 Å². The monoisotopic (exact) mass is 294 g/mol. The zero-order valence-corrected chi connectivity index (χ0v) is 11.9. The van der Waals surface area contributed by atoms with Gasteiger partial charge in [-0.15, -0.1) is 0 Å². The van der Waals surface area contributed by atoms with Gasteiger partial charge in [0, 0.05) is 30.7 Å². The summed E-state index contributed by atoms with van der Waals surface area (Å²) in [4.78, 5) is 26.4. The Labute approximate surface area is 125 Å². The van der Waals surface area contributed by atoms with Crippen molar-refractivity contribution in [1.29, 1.82) is 0 Å². The normalized spacial score (nSPS) is 11.3. The van der Waals surface area contributed by atoms with Crippen LogP contribution in [0.4, 0.5) is 5.95 Å². The maximum Gasteiger partial charge on any atom is 0.278 e. The van der Waals surface area contributed by atoms with Crippen molar-refractivity contribution < 1.29 is 0 Å². The summed E-state index contributed by atoms with van der Waals surface area (Å²) in [5.41, 5.74) is 2.92. The molecule has 3 N–H and O–H groups in total. The zero-order chi connectivity index (χ0) is 15.1. The quantitative estimate of drug-likeness (QED) is 0.537. The second-order valence-electron chi connectivity index (χ2n) is 5.15. The highest BCUT2D eigenvalue weighted by Crippen LogP contribution is 2.18. The Morgan fingerprint density at radius 3 is 3.14 bits per heavy atom. The number of nitrogens with zero attached hydrogens (tertiary/aromatic N) is 3. The van der Waals surface area contributed by atoms with E-state index >= 15 is 0 Å². The highest BCUT2D eigenvalue weighted by molar-refractivity contribution is 5.83. The molecule has 0 spiro atoms. The van der Waals surface area contributed by atoms with Crippen molar-refractivity contribution in [2.24, 2.45) is 7.05 Å². The predicted octanol–water partition coefficient (Wildman–Crippen LogP) is 1.75. The van der Waals surface area contributed by atoms with Gasteiger partial charge in [0.1, 0.15) is 0 Å². The second kappa shape index (κ2) is 4.73. The van der Waals surface area contributed by atoms with E-state index in [2.05, 4.69) is 25.3 Å². The van der Waals surface area contributed by atoms with Crippen LogP contribution in [0.2, 0.25) is 0 Å². The number of rotatable bonds is 3. The van der Waals surface area contributed by atoms with Crippen LogP contribution in [-0.4, -0.2) is 24.5 Å². The first-order valence-electron chi connectivity index (χ1n) is 6.92. The minimum absolute atomic E-state index is 0.202. The SMILES string of the molecule is Cn1cnc2nc(NCc3cccc4[nH]ccc34)[nH]c(=O)c21. The maximum atomic E-state index is 12.1. The highest BCUT2D eigenvalue weighted by atomic mass is 16.1. The molecule has 0 aliphatic rings. The molecule has 7 heteroatoms. The van der Waals surface area contributed by atoms with Gasteiger partial charge in [-0.25, -0.2) is 4.98 Å². The molecule has 3 aromatic heterocycles. The number of aromatic nitrogens is 5. The van der Waals surface area contributed by atoms with E-state index in [0.29, 0.717) is 23.7 Å². The van der Waals surface area contributed by atoms with Crippen LogP contribution in [0.25, 0.3) is 22.1 Å². The number of nitrogens with one attached hydrogen (secondary N) is 3. The number of aryl methyl sites for hydroxylation is 1. The summed E-state index contributed by atoms with van der Waals surface area (Å²) in [6.07, 6.45) is 3.49. The van der Waals surface area contributed by atoms with Crippen LogP contribution >= 0.6 is 0 Å². The van der Waals surface area contributed by atoms with Crippen molar-refractivity contribution in [3.63, 3.8) is 0 Å². The van der Waals surface area contributed by atoms with E-state index in [0.717, 1.165) is 16.5 Å². The molecule has 0 aliphatic heterocycles. The van der Waals surface area contributed by atoms with Crippen molar-refractivity contribution in [1.82, 2.24) is 24.5 Å². The summed E-state index contributed by atoms with van der Waals surface area (Å²) in [7, 11) is 1.77. The van der Waals surface area contributed by atoms with Crippen molar-refractivity contribution in [2.75, 3.05) is 5.32 Å². The van der Waals surface area contributed by atoms with Crippen LogP contribution in [0.1, 0.15) is 5.56 Å². The van der Waals surface area contributed by atoms with Gasteiger partial charge >= 0.3 is 0 Å². The van der Waals surface area contributed by atoms with Gasteiger partial charge in [-0.05, 0) is 17.7 Å². The number of H-pyrrole nitrogens is 2. The second-order valence-corrected chi connectivity index (χ2v) is 5.15. The summed E-state index contributed by atoms with van der Waals surface area (Å²) in [5.74, 6) is 0.420. The molecule has 1 aromatic carbocycles. The molecule has 0 radical (unpaired) electrons. The van der Waals surface area contributed by atoms with Gasteiger partial charge in [0.15, 0.2) is 11.2 Å². The number of anilines is 1. The number of aromatic amines is 2. The Morgan fingerprint density at radius 1 is 1.32 bits per heavy atom. The molecule has 0 aliphatic carbocycles. The Bertz CT molecular complexity index is 1030. The van der Waals surface area contributed by atoms with Gasteiger partial charge in [0.2, 0.25) is 5.95 Å². The zero-order valence-electron chi connectivity index (χ0n) is 11.9. The van der Waals surface area contributed by atoms with Crippen LogP contribution in [-0.2, 0) is 13.6 Å². The van der Waals surface area contributed by atoms with Gasteiger partial charge in [-0.1, -0.05) is 12.1 Å². The van der Waals surface area contributed by atoms with Crippen molar-refractivity contribution in [3.05, 3.63) is 52.7 Å². The molecule has 4 rings (SSSR count). The van der Waals surface area contributed by atoms with E-state index in [1.54, 1.807) is 17.9 Å². The smallest absolute Gasteiger partial charge is 0.278 e. The molecule has 0 bridgehead atoms. The van der Waals surface area contributed by atoms with Crippen LogP contribution in [0.5, 0.6) is 0 Å². The van der Waals surface area contributed by atoms with Gasteiger partial charge in [0.25, 0.3) is 5.56 Å². The summed E-state index contributed by atoms with van der Waals surface area (Å²) >= 11 is 0. The molecule has 0 unspecified atom stereocenters. The number of hydrogen-bond acceptors (Lipinski definition) is 4. The molecule has 0 amide bonds. The summed E-state index contributed by atoms with van der Waals surface area (Å²) in [6, 6.07) is 8.10. The Kier molecular flexibility index (Phi) is 2.72. The van der Waals surface area contributed by atoms with E-state index in [9.17, 15) is 4.79 Å². The summed E-state index contributed by atoms with van der Waals surface area (Å²) in [6.45, 7) is 0.566. The third-order valence-corrected chi connectivity index (χ3v) is 3.71. The minimum Gasteiger partial charge on any atom is -0.361 e. The number of imidazole rings is 1. The van der Waals surface area contributed by atoms with Crippen molar-refractivity contribution in [3.8, 4) is 0 Å². The fraction of sp³-hybridized carbons (Fsp3) is 0.133. The number of benzene rings is 1. The van der Waals surface area contributed by atoms with E-state index < -0.39 is 0 Å². The molecule has 22 heavy (non-hydrogen) atoms. The third-order valence-electron chi connectivity index (χ3n) is 3.71. The van der Waals surface area contributed by atoms with Crippen molar-refractivity contribution in [2.45, 2.75) is 6.54 Å². The van der Waals surface area contributed by atoms with E-state index in [1.165, 1.54) is 0 Å². The van der Waals surface area contributed by atoms with Gasteiger partial charge < -0.3 is 14.9 Å². The summed E-state index contributed by atoms with van der Waals surface area (Å²) in [5, 5.41) is 4.30. The molecule has 3 heterocycles. The Hall–Kier alpha value is -3.09. The standard InChI is InChI=1S/C15H14N6O/c1-21-8-18-13-12(21)14(22)20-15(19-13)17-7-9-3-2-4-11-10(9)5-6-16-11/h2-6,8,16H,7H2,1H3,(H2,17,19,20,22). The van der Waals surface area contributed by atoms with Crippen LogP contribution in [0.15, 0.2) is 41.6 Å².